The van der Waals surface area contributed by atoms with Gasteiger partial charge in [0.2, 0.25) is 0 Å². The molecule has 2 atom stereocenters. The van der Waals surface area contributed by atoms with Crippen molar-refractivity contribution >= 4 is 19.8 Å². The van der Waals surface area contributed by atoms with Crippen molar-refractivity contribution in [3.63, 3.8) is 0 Å². The molecule has 0 aromatic carbocycles. The van der Waals surface area contributed by atoms with Gasteiger partial charge in [0.15, 0.2) is 6.10 Å². The van der Waals surface area contributed by atoms with Crippen molar-refractivity contribution in [3.05, 3.63) is 24.3 Å². The van der Waals surface area contributed by atoms with Crippen LogP contribution in [0.4, 0.5) is 0 Å². The lowest BCUT2D eigenvalue weighted by Crippen LogP contribution is -2.29. The van der Waals surface area contributed by atoms with Crippen LogP contribution in [0.15, 0.2) is 24.3 Å². The maximum atomic E-state index is 12.6. The second-order valence-corrected chi connectivity index (χ2v) is 15.3. The minimum atomic E-state index is -4.37. The zero-order chi connectivity index (χ0) is 37.5. The summed E-state index contributed by atoms with van der Waals surface area (Å²) in [6, 6.07) is 0. The monoisotopic (exact) mass is 744 g/mol. The summed E-state index contributed by atoms with van der Waals surface area (Å²) in [6.07, 6.45) is 39.2. The number of hydrogen-bond acceptors (Lipinski definition) is 8. The Kier molecular flexibility index (Phi) is 37.1. The molecule has 0 amide bonds. The van der Waals surface area contributed by atoms with E-state index in [2.05, 4.69) is 38.2 Å². The topological polar surface area (TPSA) is 134 Å². The Morgan fingerprint density at radius 2 is 1.02 bits per heavy atom. The zero-order valence-corrected chi connectivity index (χ0v) is 33.7. The number of rotatable bonds is 39. The third kappa shape index (κ3) is 38.0. The van der Waals surface area contributed by atoms with E-state index in [0.29, 0.717) is 6.42 Å². The van der Waals surface area contributed by atoms with Gasteiger partial charge in [0.25, 0.3) is 0 Å². The van der Waals surface area contributed by atoms with Crippen molar-refractivity contribution in [1.29, 1.82) is 0 Å². The van der Waals surface area contributed by atoms with E-state index in [9.17, 15) is 19.0 Å². The van der Waals surface area contributed by atoms with Crippen molar-refractivity contribution in [1.82, 2.24) is 0 Å². The lowest BCUT2D eigenvalue weighted by atomic mass is 10.1. The van der Waals surface area contributed by atoms with Crippen LogP contribution in [0.3, 0.4) is 0 Å². The Bertz CT molecular complexity index is 897. The molecule has 10 heteroatoms. The first-order valence-electron chi connectivity index (χ1n) is 20.8. The van der Waals surface area contributed by atoms with Gasteiger partial charge < -0.3 is 20.1 Å². The molecule has 0 rings (SSSR count). The molecule has 0 saturated heterocycles. The summed E-state index contributed by atoms with van der Waals surface area (Å²) in [4.78, 5) is 34.8. The van der Waals surface area contributed by atoms with Crippen LogP contribution >= 0.6 is 7.82 Å². The highest BCUT2D eigenvalue weighted by atomic mass is 31.2. The van der Waals surface area contributed by atoms with E-state index in [0.717, 1.165) is 51.4 Å². The molecule has 51 heavy (non-hydrogen) atoms. The number of carbonyl (C=O) groups is 2. The molecule has 0 aromatic heterocycles. The second-order valence-electron chi connectivity index (χ2n) is 13.9. The Hall–Kier alpha value is -1.51. The maximum absolute atomic E-state index is 12.6. The molecule has 0 fully saturated rings. The molecule has 0 aromatic rings. The molecule has 2 unspecified atom stereocenters. The van der Waals surface area contributed by atoms with Crippen LogP contribution in [0.2, 0.25) is 0 Å². The Morgan fingerprint density at radius 3 is 1.53 bits per heavy atom. The first-order chi connectivity index (χ1) is 24.8. The zero-order valence-electron chi connectivity index (χ0n) is 32.8. The van der Waals surface area contributed by atoms with Crippen molar-refractivity contribution in [2.24, 2.45) is 5.73 Å². The van der Waals surface area contributed by atoms with Gasteiger partial charge in [0.05, 0.1) is 13.2 Å². The molecular formula is C41H78NO8P. The molecule has 0 aliphatic heterocycles. The Morgan fingerprint density at radius 1 is 0.588 bits per heavy atom. The number of unbranched alkanes of at least 4 members (excludes halogenated alkanes) is 22. The maximum Gasteiger partial charge on any atom is 0.472 e. The summed E-state index contributed by atoms with van der Waals surface area (Å²) >= 11 is 0. The largest absolute Gasteiger partial charge is 0.472 e. The van der Waals surface area contributed by atoms with Crippen molar-refractivity contribution in [2.75, 3.05) is 26.4 Å². The normalized spacial score (nSPS) is 13.6. The Balaban J connectivity index is 4.13. The minimum Gasteiger partial charge on any atom is -0.462 e. The Labute approximate surface area is 312 Å². The van der Waals surface area contributed by atoms with Gasteiger partial charge in [-0.3, -0.25) is 18.6 Å². The quantitative estimate of drug-likeness (QED) is 0.0273. The molecule has 0 aliphatic rings. The number of hydrogen-bond donors (Lipinski definition) is 2. The summed E-state index contributed by atoms with van der Waals surface area (Å²) in [6.45, 7) is 3.70. The first kappa shape index (κ1) is 49.5. The highest BCUT2D eigenvalue weighted by Gasteiger charge is 2.26. The van der Waals surface area contributed by atoms with Gasteiger partial charge in [-0.25, -0.2) is 4.57 Å². The van der Waals surface area contributed by atoms with Crippen molar-refractivity contribution in [3.8, 4) is 0 Å². The fraction of sp³-hybridized carbons (Fsp3) is 0.854. The summed E-state index contributed by atoms with van der Waals surface area (Å²) in [7, 11) is -4.37. The van der Waals surface area contributed by atoms with Crippen LogP contribution in [0, 0.1) is 0 Å². The molecule has 3 N–H and O–H groups in total. The van der Waals surface area contributed by atoms with E-state index in [1.807, 2.05) is 0 Å². The predicted molar refractivity (Wildman–Crippen MR) is 211 cm³/mol. The lowest BCUT2D eigenvalue weighted by Gasteiger charge is -2.19. The van der Waals surface area contributed by atoms with Crippen molar-refractivity contribution in [2.45, 2.75) is 200 Å². The molecule has 0 bridgehead atoms. The van der Waals surface area contributed by atoms with Crippen LogP contribution in [-0.2, 0) is 32.7 Å². The van der Waals surface area contributed by atoms with Gasteiger partial charge in [-0.1, -0.05) is 160 Å². The molecule has 0 spiro atoms. The van der Waals surface area contributed by atoms with Crippen LogP contribution in [-0.4, -0.2) is 49.3 Å². The van der Waals surface area contributed by atoms with Gasteiger partial charge in [0, 0.05) is 19.4 Å². The molecule has 0 heterocycles. The number of ether oxygens (including phenoxy) is 2. The smallest absolute Gasteiger partial charge is 0.462 e. The van der Waals surface area contributed by atoms with Gasteiger partial charge in [-0.2, -0.15) is 0 Å². The third-order valence-electron chi connectivity index (χ3n) is 8.84. The summed E-state index contributed by atoms with van der Waals surface area (Å²) in [5, 5.41) is 0. The van der Waals surface area contributed by atoms with Gasteiger partial charge >= 0.3 is 19.8 Å². The molecule has 0 aliphatic carbocycles. The number of nitrogens with two attached hydrogens (primary N) is 1. The van der Waals surface area contributed by atoms with E-state index in [1.165, 1.54) is 109 Å². The van der Waals surface area contributed by atoms with E-state index >= 15 is 0 Å². The predicted octanol–water partition coefficient (Wildman–Crippen LogP) is 11.6. The van der Waals surface area contributed by atoms with Crippen LogP contribution in [0.5, 0.6) is 0 Å². The third-order valence-corrected chi connectivity index (χ3v) is 9.82. The number of phosphoric acid groups is 1. The molecular weight excluding hydrogens is 665 g/mol. The SMILES string of the molecule is CCCCC/C=C\C/C=C\CCCCCCCCCCCC(=O)OC(COC(=O)CCCCCCCCCCCCC)COP(=O)(O)OCCN. The molecule has 300 valence electrons. The van der Waals surface area contributed by atoms with Gasteiger partial charge in [-0.05, 0) is 44.9 Å². The van der Waals surface area contributed by atoms with Gasteiger partial charge in [-0.15, -0.1) is 0 Å². The number of phosphoric ester groups is 1. The lowest BCUT2D eigenvalue weighted by molar-refractivity contribution is -0.161. The first-order valence-corrected chi connectivity index (χ1v) is 22.3. The second kappa shape index (κ2) is 38.2. The molecule has 0 radical (unpaired) electrons. The standard InChI is InChI=1S/C41H78NO8P/c1-3-5-7-9-11-13-15-16-17-18-19-20-21-22-24-26-28-30-32-34-41(44)50-39(38-49-51(45,46)48-36-35-42)37-47-40(43)33-31-29-27-25-23-14-12-10-8-6-4-2/h11,13,16-17,39H,3-10,12,14-15,18-38,42H2,1-2H3,(H,45,46)/b13-11-,17-16-. The average Bonchev–Trinajstić information content (AvgIpc) is 3.11. The fourth-order valence-corrected chi connectivity index (χ4v) is 6.49. The summed E-state index contributed by atoms with van der Waals surface area (Å²) in [5.74, 6) is -0.829. The van der Waals surface area contributed by atoms with E-state index in [4.69, 9.17) is 24.3 Å². The van der Waals surface area contributed by atoms with Gasteiger partial charge in [0.1, 0.15) is 6.61 Å². The summed E-state index contributed by atoms with van der Waals surface area (Å²) in [5.41, 5.74) is 5.34. The van der Waals surface area contributed by atoms with E-state index < -0.39 is 26.5 Å². The number of allylic oxidation sites excluding steroid dienone is 4. The minimum absolute atomic E-state index is 0.0541. The van der Waals surface area contributed by atoms with E-state index in [1.54, 1.807) is 0 Å². The molecule has 9 nitrogen and oxygen atoms in total. The van der Waals surface area contributed by atoms with Crippen LogP contribution in [0.25, 0.3) is 0 Å². The van der Waals surface area contributed by atoms with Crippen LogP contribution in [0.1, 0.15) is 194 Å². The van der Waals surface area contributed by atoms with Crippen molar-refractivity contribution < 1.29 is 37.6 Å². The summed E-state index contributed by atoms with van der Waals surface area (Å²) < 4.78 is 32.7. The fourth-order valence-electron chi connectivity index (χ4n) is 5.72. The average molecular weight is 744 g/mol. The highest BCUT2D eigenvalue weighted by molar-refractivity contribution is 7.47. The highest BCUT2D eigenvalue weighted by Crippen LogP contribution is 2.43. The van der Waals surface area contributed by atoms with Crippen LogP contribution < -0.4 is 5.73 Å². The molecule has 0 saturated carbocycles. The number of esters is 2. The number of carbonyl (C=O) groups excluding carboxylic acids is 2. The van der Waals surface area contributed by atoms with E-state index in [-0.39, 0.29) is 38.6 Å².